The Morgan fingerprint density at radius 1 is 1.05 bits per heavy atom. The summed E-state index contributed by atoms with van der Waals surface area (Å²) in [6.45, 7) is 30.4. The second-order valence-corrected chi connectivity index (χ2v) is 31.5. The van der Waals surface area contributed by atoms with Crippen LogP contribution in [0.15, 0.2) is 11.0 Å². The Hall–Kier alpha value is -0.836. The van der Waals surface area contributed by atoms with Crippen LogP contribution in [0.25, 0.3) is 6.08 Å². The van der Waals surface area contributed by atoms with Gasteiger partial charge in [-0.05, 0) is 87.4 Å². The van der Waals surface area contributed by atoms with Gasteiger partial charge in [-0.2, -0.15) is 0 Å². The van der Waals surface area contributed by atoms with E-state index in [1.165, 1.54) is 0 Å². The highest BCUT2D eigenvalue weighted by Gasteiger charge is 2.53. The van der Waals surface area contributed by atoms with E-state index in [9.17, 15) is 14.4 Å². The molecule has 1 aromatic rings. The van der Waals surface area contributed by atoms with E-state index in [1.807, 2.05) is 13.8 Å². The molecule has 0 amide bonds. The third-order valence-electron chi connectivity index (χ3n) is 12.7. The summed E-state index contributed by atoms with van der Waals surface area (Å²) >= 11 is 19.2. The molecule has 7 atom stereocenters. The minimum Gasteiger partial charge on any atom is -0.430 e. The largest absolute Gasteiger partial charge is 0.508 e. The molecule has 2 heterocycles. The smallest absolute Gasteiger partial charge is 0.430 e. The van der Waals surface area contributed by atoms with Gasteiger partial charge >= 0.3 is 6.16 Å². The van der Waals surface area contributed by atoms with E-state index in [2.05, 4.69) is 84.9 Å². The lowest BCUT2D eigenvalue weighted by atomic mass is 9.73. The highest BCUT2D eigenvalue weighted by molar-refractivity contribution is 7.09. The van der Waals surface area contributed by atoms with E-state index in [1.54, 1.807) is 32.1 Å². The Bertz CT molecular complexity index is 1500. The fourth-order valence-corrected chi connectivity index (χ4v) is 12.4. The Balaban J connectivity index is 2.28. The van der Waals surface area contributed by atoms with Gasteiger partial charge in [0.15, 0.2) is 16.6 Å². The molecule has 0 saturated carbocycles. The molecule has 2 rings (SSSR count). The molecular formula is C42H72Cl3NO8SSi2. The number of halogens is 3. The van der Waals surface area contributed by atoms with Crippen molar-refractivity contribution in [2.45, 2.75) is 192 Å². The summed E-state index contributed by atoms with van der Waals surface area (Å²) in [4.78, 5) is 44.1. The lowest BCUT2D eigenvalue weighted by molar-refractivity contribution is -0.142. The average Bonchev–Trinajstić information content (AvgIpc) is 3.56. The van der Waals surface area contributed by atoms with Gasteiger partial charge in [-0.3, -0.25) is 4.79 Å². The Morgan fingerprint density at radius 3 is 2.14 bits per heavy atom. The monoisotopic (exact) mass is 911 g/mol. The third kappa shape index (κ3) is 15.2. The van der Waals surface area contributed by atoms with Gasteiger partial charge in [0.25, 0.3) is 0 Å². The predicted octanol–water partition coefficient (Wildman–Crippen LogP) is 12.7. The number of thiazole rings is 1. The highest BCUT2D eigenvalue weighted by Crippen LogP contribution is 2.46. The fraction of sp³-hybridized carbons (Fsp3) is 0.810. The Kier molecular flexibility index (Phi) is 19.5. The number of Topliss-reactive ketones (excluding diaryl/α,β-unsaturated/α-hetero) is 1. The number of hydrogen-bond donors (Lipinski definition) is 0. The first-order valence-electron chi connectivity index (χ1n) is 20.6. The number of rotatable bonds is 24. The van der Waals surface area contributed by atoms with Crippen molar-refractivity contribution in [2.75, 3.05) is 6.61 Å². The summed E-state index contributed by atoms with van der Waals surface area (Å²) in [5.74, 6) is -1.19. The molecule has 1 aliphatic rings. The number of ketones is 1. The molecule has 1 aromatic heterocycles. The first kappa shape index (κ1) is 52.3. The number of nitrogens with zero attached hydrogens (tertiary/aromatic N) is 1. The van der Waals surface area contributed by atoms with E-state index in [-0.39, 0.29) is 41.0 Å². The van der Waals surface area contributed by atoms with E-state index >= 15 is 0 Å². The molecule has 0 aromatic carbocycles. The zero-order valence-corrected chi connectivity index (χ0v) is 42.4. The second-order valence-electron chi connectivity index (χ2n) is 18.4. The van der Waals surface area contributed by atoms with Crippen LogP contribution >= 0.6 is 46.1 Å². The van der Waals surface area contributed by atoms with Gasteiger partial charge in [-0.15, -0.1) is 11.3 Å². The van der Waals surface area contributed by atoms with Crippen LogP contribution in [0.3, 0.4) is 0 Å². The molecule has 328 valence electrons. The van der Waals surface area contributed by atoms with Crippen LogP contribution in [0.4, 0.5) is 4.79 Å². The quantitative estimate of drug-likeness (QED) is 0.0329. The molecule has 0 unspecified atom stereocenters. The van der Waals surface area contributed by atoms with Crippen molar-refractivity contribution < 1.29 is 37.4 Å². The van der Waals surface area contributed by atoms with Gasteiger partial charge in [0.2, 0.25) is 3.79 Å². The van der Waals surface area contributed by atoms with Gasteiger partial charge in [-0.25, -0.2) is 9.78 Å². The first-order chi connectivity index (χ1) is 26.1. The number of carbonyl (C=O) groups excluding carboxylic acids is 3. The van der Waals surface area contributed by atoms with E-state index in [4.69, 9.17) is 57.9 Å². The topological polar surface area (TPSA) is 114 Å². The maximum atomic E-state index is 14.5. The number of aldehydes is 1. The summed E-state index contributed by atoms with van der Waals surface area (Å²) in [5, 5.41) is 2.98. The number of ether oxygens (including phenoxy) is 3. The van der Waals surface area contributed by atoms with E-state index < -0.39 is 56.7 Å². The van der Waals surface area contributed by atoms with Crippen molar-refractivity contribution in [3.05, 3.63) is 21.7 Å². The Labute approximate surface area is 365 Å². The van der Waals surface area contributed by atoms with Gasteiger partial charge in [0.05, 0.1) is 40.5 Å². The van der Waals surface area contributed by atoms with Gasteiger partial charge < -0.3 is 27.9 Å². The molecule has 0 bridgehead atoms. The number of alkyl halides is 3. The SMILES string of the molecule is CC[Si](CC)(CC)O[C@@H](C[C@@H]1O[C@]1(C)CCC[C@H](C)[C@H](OC(=O)OCC(Cl)(Cl)Cl)[C@@H](C)C(=O)C(C)(C)[C@H](CC=O)O[Si](C)(C)C(C)(C)C)/C(C)=C/c1csc(C)n1. The lowest BCUT2D eigenvalue weighted by Gasteiger charge is -2.44. The molecule has 1 saturated heterocycles. The van der Waals surface area contributed by atoms with Gasteiger partial charge in [-0.1, -0.05) is 110 Å². The molecular weight excluding hydrogens is 841 g/mol. The van der Waals surface area contributed by atoms with Crippen molar-refractivity contribution in [3.63, 3.8) is 0 Å². The summed E-state index contributed by atoms with van der Waals surface area (Å²) in [7, 11) is -4.29. The van der Waals surface area contributed by atoms with Crippen LogP contribution < -0.4 is 0 Å². The zero-order valence-electron chi connectivity index (χ0n) is 37.3. The van der Waals surface area contributed by atoms with Crippen LogP contribution in [0, 0.1) is 24.2 Å². The molecule has 0 aliphatic carbocycles. The minimum absolute atomic E-state index is 0.0245. The third-order valence-corrected chi connectivity index (χ3v) is 22.9. The van der Waals surface area contributed by atoms with Crippen molar-refractivity contribution >= 4 is 87.1 Å². The van der Waals surface area contributed by atoms with E-state index in [0.717, 1.165) is 60.0 Å². The molecule has 1 fully saturated rings. The molecule has 9 nitrogen and oxygen atoms in total. The first-order valence-corrected chi connectivity index (χ1v) is 28.1. The molecule has 0 radical (unpaired) electrons. The standard InChI is InChI=1S/C42H72Cl3NO8SSi2/c1-16-57(17-2,18-3)53-33(29(5)24-32-26-55-31(7)46-32)25-35-41(13,52-35)22-19-20-28(4)36(51-38(49)50-27-42(43,44)45)30(6)37(48)40(11,12)34(21-23-47)54-56(14,15)39(8,9)10/h23-24,26,28,30,33-36H,16-22,25,27H2,1-15H3/b29-24+/t28-,30+,33-,34-,35-,36-,41+/m0/s1. The van der Waals surface area contributed by atoms with Crippen LogP contribution in [0.1, 0.15) is 126 Å². The molecule has 15 heteroatoms. The lowest BCUT2D eigenvalue weighted by Crippen LogP contribution is -2.52. The van der Waals surface area contributed by atoms with E-state index in [0.29, 0.717) is 6.42 Å². The van der Waals surface area contributed by atoms with Crippen LogP contribution in [0.2, 0.25) is 36.3 Å². The maximum Gasteiger partial charge on any atom is 0.508 e. The Morgan fingerprint density at radius 2 is 1.65 bits per heavy atom. The highest BCUT2D eigenvalue weighted by atomic mass is 35.6. The predicted molar refractivity (Wildman–Crippen MR) is 241 cm³/mol. The van der Waals surface area contributed by atoms with Crippen molar-refractivity contribution in [3.8, 4) is 0 Å². The maximum absolute atomic E-state index is 14.5. The van der Waals surface area contributed by atoms with Crippen LogP contribution in [-0.4, -0.2) is 80.3 Å². The fourth-order valence-electron chi connectivity index (χ4n) is 7.34. The number of carbonyl (C=O) groups is 3. The van der Waals surface area contributed by atoms with Crippen molar-refractivity contribution in [1.29, 1.82) is 0 Å². The summed E-state index contributed by atoms with van der Waals surface area (Å²) in [5.41, 5.74) is 0.714. The van der Waals surface area contributed by atoms with Gasteiger partial charge in [0, 0.05) is 23.6 Å². The van der Waals surface area contributed by atoms with Gasteiger partial charge in [0.1, 0.15) is 24.8 Å². The van der Waals surface area contributed by atoms with Crippen molar-refractivity contribution in [2.24, 2.45) is 17.3 Å². The number of aromatic nitrogens is 1. The van der Waals surface area contributed by atoms with Crippen LogP contribution in [0.5, 0.6) is 0 Å². The normalized spacial score (nSPS) is 21.0. The zero-order chi connectivity index (χ0) is 43.8. The van der Waals surface area contributed by atoms with Crippen molar-refractivity contribution in [1.82, 2.24) is 4.98 Å². The molecule has 0 spiro atoms. The number of epoxide rings is 1. The average molecular weight is 914 g/mol. The molecule has 1 aliphatic heterocycles. The second kappa shape index (κ2) is 21.3. The minimum atomic E-state index is -2.36. The summed E-state index contributed by atoms with van der Waals surface area (Å²) in [6, 6.07) is 3.17. The molecule has 0 N–H and O–H groups in total. The molecule has 57 heavy (non-hydrogen) atoms. The summed E-state index contributed by atoms with van der Waals surface area (Å²) in [6.07, 6.45) is 3.38. The number of hydrogen-bond acceptors (Lipinski definition) is 10. The number of aryl methyl sites for hydroxylation is 1. The van der Waals surface area contributed by atoms with Crippen LogP contribution in [-0.2, 0) is 32.7 Å². The summed E-state index contributed by atoms with van der Waals surface area (Å²) < 4.78 is 29.4.